The summed E-state index contributed by atoms with van der Waals surface area (Å²) in [5.41, 5.74) is 4.24. The highest BCUT2D eigenvalue weighted by Crippen LogP contribution is 2.32. The number of benzene rings is 2. The van der Waals surface area contributed by atoms with Gasteiger partial charge in [-0.2, -0.15) is 0 Å². The van der Waals surface area contributed by atoms with Crippen LogP contribution in [0.2, 0.25) is 0 Å². The summed E-state index contributed by atoms with van der Waals surface area (Å²) >= 11 is 1.64. The monoisotopic (exact) mass is 410 g/mol. The van der Waals surface area contributed by atoms with Crippen molar-refractivity contribution in [3.63, 3.8) is 0 Å². The smallest absolute Gasteiger partial charge is 0.242 e. The average Bonchev–Trinajstić information content (AvgIpc) is 3.18. The first-order valence-electron chi connectivity index (χ1n) is 9.82. The molecule has 0 spiro atoms. The molecule has 152 valence electrons. The van der Waals surface area contributed by atoms with E-state index in [1.165, 1.54) is 10.3 Å². The number of likely N-dealkylation sites (N-methyl/N-ethyl adjacent to an activating group) is 1. The predicted molar refractivity (Wildman–Crippen MR) is 119 cm³/mol. The van der Waals surface area contributed by atoms with Crippen molar-refractivity contribution in [2.45, 2.75) is 13.8 Å². The minimum absolute atomic E-state index is 0.108. The predicted octanol–water partition coefficient (Wildman–Crippen LogP) is 3.40. The van der Waals surface area contributed by atoms with Crippen LogP contribution in [0.3, 0.4) is 0 Å². The summed E-state index contributed by atoms with van der Waals surface area (Å²) < 4.78 is 1.19. The molecular formula is C22H26N4O2S. The van der Waals surface area contributed by atoms with Gasteiger partial charge >= 0.3 is 0 Å². The molecule has 1 N–H and O–H groups in total. The van der Waals surface area contributed by atoms with Crippen LogP contribution in [0, 0.1) is 13.8 Å². The molecule has 1 amide bonds. The van der Waals surface area contributed by atoms with E-state index in [1.807, 2.05) is 35.0 Å². The van der Waals surface area contributed by atoms with Crippen molar-refractivity contribution in [1.29, 1.82) is 0 Å². The number of fused-ring (bicyclic) bond motifs is 1. The molecule has 0 atom stereocenters. The van der Waals surface area contributed by atoms with Crippen LogP contribution in [0.25, 0.3) is 10.2 Å². The van der Waals surface area contributed by atoms with Gasteiger partial charge in [0.1, 0.15) is 5.75 Å². The van der Waals surface area contributed by atoms with Crippen LogP contribution in [0.5, 0.6) is 5.75 Å². The number of nitrogens with zero attached hydrogens (tertiary/aromatic N) is 4. The van der Waals surface area contributed by atoms with E-state index >= 15 is 0 Å². The van der Waals surface area contributed by atoms with Gasteiger partial charge in [-0.1, -0.05) is 35.6 Å². The number of para-hydroxylation sites is 2. The molecule has 4 rings (SSSR count). The normalized spacial score (nSPS) is 14.4. The number of amides is 1. The highest BCUT2D eigenvalue weighted by atomic mass is 32.1. The Morgan fingerprint density at radius 2 is 1.79 bits per heavy atom. The second-order valence-electron chi connectivity index (χ2n) is 7.59. The van der Waals surface area contributed by atoms with Crippen molar-refractivity contribution in [2.75, 3.05) is 49.6 Å². The van der Waals surface area contributed by atoms with Gasteiger partial charge in [0.2, 0.25) is 5.91 Å². The fourth-order valence-corrected chi connectivity index (χ4v) is 4.78. The number of piperazine rings is 1. The zero-order valence-electron chi connectivity index (χ0n) is 17.1. The molecule has 1 saturated heterocycles. The number of hydrogen-bond donors (Lipinski definition) is 1. The molecule has 0 aliphatic carbocycles. The van der Waals surface area contributed by atoms with E-state index in [0.717, 1.165) is 21.9 Å². The van der Waals surface area contributed by atoms with Gasteiger partial charge in [-0.25, -0.2) is 4.98 Å². The molecule has 29 heavy (non-hydrogen) atoms. The summed E-state index contributed by atoms with van der Waals surface area (Å²) in [7, 11) is 1.93. The number of aryl methyl sites for hydroxylation is 2. The highest BCUT2D eigenvalue weighted by Gasteiger charge is 2.24. The van der Waals surface area contributed by atoms with Crippen molar-refractivity contribution >= 4 is 38.3 Å². The molecule has 1 fully saturated rings. The van der Waals surface area contributed by atoms with Gasteiger partial charge in [-0.3, -0.25) is 4.79 Å². The zero-order chi connectivity index (χ0) is 20.5. The van der Waals surface area contributed by atoms with Crippen LogP contribution in [-0.2, 0) is 4.79 Å². The van der Waals surface area contributed by atoms with Gasteiger partial charge in [0, 0.05) is 33.2 Å². The Balaban J connectivity index is 1.39. The van der Waals surface area contributed by atoms with E-state index in [-0.39, 0.29) is 11.7 Å². The number of carbonyl (C=O) groups excluding carboxylic acids is 1. The number of aromatic nitrogens is 1. The Kier molecular flexibility index (Phi) is 5.32. The van der Waals surface area contributed by atoms with Crippen LogP contribution in [0.4, 0.5) is 10.8 Å². The molecule has 6 nitrogen and oxygen atoms in total. The first-order chi connectivity index (χ1) is 13.9. The van der Waals surface area contributed by atoms with Gasteiger partial charge in [0.25, 0.3) is 0 Å². The van der Waals surface area contributed by atoms with Gasteiger partial charge in [0.15, 0.2) is 5.13 Å². The molecule has 0 bridgehead atoms. The number of phenolic OH excluding ortho intramolecular Hbond substituents is 1. The van der Waals surface area contributed by atoms with Crippen molar-refractivity contribution in [1.82, 2.24) is 9.88 Å². The Labute approximate surface area is 175 Å². The van der Waals surface area contributed by atoms with Crippen LogP contribution in [-0.4, -0.2) is 60.7 Å². The molecule has 1 aliphatic rings. The van der Waals surface area contributed by atoms with Gasteiger partial charge in [0.05, 0.1) is 22.4 Å². The molecule has 2 heterocycles. The largest absolute Gasteiger partial charge is 0.506 e. The molecule has 0 radical (unpaired) electrons. The highest BCUT2D eigenvalue weighted by molar-refractivity contribution is 7.22. The SMILES string of the molecule is Cc1ccc(C)c2sc(N(C)CC(=O)N3CCN(c4ccccc4O)CC3)nc12. The Bertz CT molecular complexity index is 1000. The van der Waals surface area contributed by atoms with Crippen molar-refractivity contribution in [3.05, 3.63) is 47.5 Å². The van der Waals surface area contributed by atoms with E-state index < -0.39 is 0 Å². The standard InChI is InChI=1S/C22H26N4O2S/c1-15-8-9-16(2)21-20(15)23-22(29-21)24(3)14-19(28)26-12-10-25(11-13-26)17-6-4-5-7-18(17)27/h4-9,27H,10-14H2,1-3H3. The van der Waals surface area contributed by atoms with Gasteiger partial charge in [-0.15, -0.1) is 0 Å². The third-order valence-electron chi connectivity index (χ3n) is 5.48. The van der Waals surface area contributed by atoms with Crippen molar-refractivity contribution in [3.8, 4) is 5.75 Å². The maximum absolute atomic E-state index is 12.8. The molecular weight excluding hydrogens is 384 g/mol. The second kappa shape index (κ2) is 7.91. The first-order valence-corrected chi connectivity index (χ1v) is 10.6. The van der Waals surface area contributed by atoms with Crippen LogP contribution < -0.4 is 9.80 Å². The summed E-state index contributed by atoms with van der Waals surface area (Å²) in [6.07, 6.45) is 0. The van der Waals surface area contributed by atoms with E-state index in [2.05, 4.69) is 30.9 Å². The molecule has 2 aromatic carbocycles. The summed E-state index contributed by atoms with van der Waals surface area (Å²) in [4.78, 5) is 23.6. The fourth-order valence-electron chi connectivity index (χ4n) is 3.71. The minimum atomic E-state index is 0.108. The summed E-state index contributed by atoms with van der Waals surface area (Å²) in [5.74, 6) is 0.394. The molecule has 3 aromatic rings. The number of anilines is 2. The minimum Gasteiger partial charge on any atom is -0.506 e. The second-order valence-corrected chi connectivity index (χ2v) is 8.56. The maximum Gasteiger partial charge on any atom is 0.242 e. The third kappa shape index (κ3) is 3.87. The third-order valence-corrected chi connectivity index (χ3v) is 6.79. The molecule has 0 unspecified atom stereocenters. The van der Waals surface area contributed by atoms with Gasteiger partial charge < -0.3 is 19.8 Å². The van der Waals surface area contributed by atoms with E-state index in [1.54, 1.807) is 17.4 Å². The number of carbonyl (C=O) groups is 1. The lowest BCUT2D eigenvalue weighted by atomic mass is 10.1. The zero-order valence-corrected chi connectivity index (χ0v) is 17.9. The Morgan fingerprint density at radius 3 is 2.48 bits per heavy atom. The molecule has 7 heteroatoms. The Hall–Kier alpha value is -2.80. The Morgan fingerprint density at radius 1 is 1.10 bits per heavy atom. The van der Waals surface area contributed by atoms with E-state index in [4.69, 9.17) is 4.98 Å². The summed E-state index contributed by atoms with van der Waals surface area (Å²) in [6, 6.07) is 11.6. The summed E-state index contributed by atoms with van der Waals surface area (Å²) in [6.45, 7) is 7.21. The lowest BCUT2D eigenvalue weighted by Gasteiger charge is -2.36. The van der Waals surface area contributed by atoms with Crippen molar-refractivity contribution in [2.24, 2.45) is 0 Å². The molecule has 1 aliphatic heterocycles. The number of aromatic hydroxyl groups is 1. The number of thiazole rings is 1. The quantitative estimate of drug-likeness (QED) is 0.714. The fraction of sp³-hybridized carbons (Fsp3) is 0.364. The van der Waals surface area contributed by atoms with Crippen LogP contribution in [0.1, 0.15) is 11.1 Å². The molecule has 1 aromatic heterocycles. The van der Waals surface area contributed by atoms with E-state index in [9.17, 15) is 9.90 Å². The van der Waals surface area contributed by atoms with E-state index in [0.29, 0.717) is 32.7 Å². The number of rotatable bonds is 4. The van der Waals surface area contributed by atoms with Crippen molar-refractivity contribution < 1.29 is 9.90 Å². The topological polar surface area (TPSA) is 59.9 Å². The van der Waals surface area contributed by atoms with Crippen LogP contribution in [0.15, 0.2) is 36.4 Å². The lowest BCUT2D eigenvalue weighted by molar-refractivity contribution is -0.129. The number of hydrogen-bond acceptors (Lipinski definition) is 6. The average molecular weight is 411 g/mol. The first kappa shape index (κ1) is 19.5. The maximum atomic E-state index is 12.8. The summed E-state index contributed by atoms with van der Waals surface area (Å²) in [5, 5.41) is 10.9. The van der Waals surface area contributed by atoms with Crippen LogP contribution >= 0.6 is 11.3 Å². The lowest BCUT2D eigenvalue weighted by Crippen LogP contribution is -2.51. The number of phenols is 1. The molecule has 0 saturated carbocycles. The van der Waals surface area contributed by atoms with Gasteiger partial charge in [-0.05, 0) is 37.1 Å².